The van der Waals surface area contributed by atoms with E-state index in [4.69, 9.17) is 9.47 Å². The third-order valence-corrected chi connectivity index (χ3v) is 8.54. The molecule has 26 heavy (non-hydrogen) atoms. The summed E-state index contributed by atoms with van der Waals surface area (Å²) < 4.78 is 39.5. The number of hydrogen-bond donors (Lipinski definition) is 1. The Morgan fingerprint density at radius 2 is 1.54 bits per heavy atom. The quantitative estimate of drug-likeness (QED) is 0.820. The van der Waals surface area contributed by atoms with E-state index in [9.17, 15) is 8.42 Å². The minimum atomic E-state index is -3.60. The van der Waals surface area contributed by atoms with Crippen LogP contribution in [0, 0.1) is 23.2 Å². The zero-order valence-corrected chi connectivity index (χ0v) is 16.6. The van der Waals surface area contributed by atoms with Crippen LogP contribution >= 0.6 is 0 Å². The van der Waals surface area contributed by atoms with Gasteiger partial charge in [0.2, 0.25) is 10.0 Å². The molecule has 0 amide bonds. The first-order valence-corrected chi connectivity index (χ1v) is 11.1. The average Bonchev–Trinajstić information content (AvgIpc) is 2.59. The van der Waals surface area contributed by atoms with Gasteiger partial charge in [-0.3, -0.25) is 0 Å². The first kappa shape index (κ1) is 18.1. The summed E-state index contributed by atoms with van der Waals surface area (Å²) >= 11 is 0. The van der Waals surface area contributed by atoms with Crippen LogP contribution in [0.5, 0.6) is 11.5 Å². The third kappa shape index (κ3) is 3.01. The molecule has 0 aromatic heterocycles. The SMILES string of the molecule is COc1ccc(S(=O)(=O)N[C@@H](C)C23CC4CC(CC(C4)C2)C3)cc1OC. The first-order valence-electron chi connectivity index (χ1n) is 9.59. The van der Waals surface area contributed by atoms with Crippen molar-refractivity contribution in [2.75, 3.05) is 14.2 Å². The molecule has 0 aliphatic heterocycles. The summed E-state index contributed by atoms with van der Waals surface area (Å²) in [6.45, 7) is 2.06. The highest BCUT2D eigenvalue weighted by molar-refractivity contribution is 7.89. The highest BCUT2D eigenvalue weighted by atomic mass is 32.2. The van der Waals surface area contributed by atoms with E-state index in [1.165, 1.54) is 51.7 Å². The summed E-state index contributed by atoms with van der Waals surface area (Å²) in [7, 11) is -0.542. The lowest BCUT2D eigenvalue weighted by molar-refractivity contribution is -0.0666. The Morgan fingerprint density at radius 3 is 2.04 bits per heavy atom. The molecule has 1 atom stereocenters. The topological polar surface area (TPSA) is 64.6 Å². The van der Waals surface area contributed by atoms with Crippen LogP contribution in [0.15, 0.2) is 23.1 Å². The summed E-state index contributed by atoms with van der Waals surface area (Å²) in [5.41, 5.74) is 0.137. The molecule has 0 spiro atoms. The van der Waals surface area contributed by atoms with Crippen molar-refractivity contribution in [3.63, 3.8) is 0 Å². The van der Waals surface area contributed by atoms with Gasteiger partial charge in [-0.15, -0.1) is 0 Å². The van der Waals surface area contributed by atoms with Crippen LogP contribution in [-0.4, -0.2) is 28.7 Å². The lowest BCUT2D eigenvalue weighted by atomic mass is 9.48. The van der Waals surface area contributed by atoms with E-state index in [0.29, 0.717) is 11.5 Å². The van der Waals surface area contributed by atoms with Crippen molar-refractivity contribution in [1.29, 1.82) is 0 Å². The Labute approximate surface area is 156 Å². The molecule has 0 saturated heterocycles. The summed E-state index contributed by atoms with van der Waals surface area (Å²) in [4.78, 5) is 0.228. The van der Waals surface area contributed by atoms with Gasteiger partial charge < -0.3 is 9.47 Å². The summed E-state index contributed by atoms with van der Waals surface area (Å²) in [6, 6.07) is 4.71. The molecule has 1 aromatic carbocycles. The minimum absolute atomic E-state index is 0.0472. The van der Waals surface area contributed by atoms with Gasteiger partial charge in [-0.2, -0.15) is 0 Å². The molecule has 5 nitrogen and oxygen atoms in total. The van der Waals surface area contributed by atoms with Gasteiger partial charge in [-0.25, -0.2) is 13.1 Å². The van der Waals surface area contributed by atoms with Gasteiger partial charge in [0.05, 0.1) is 19.1 Å². The van der Waals surface area contributed by atoms with Gasteiger partial charge in [0.1, 0.15) is 0 Å². The van der Waals surface area contributed by atoms with Crippen LogP contribution in [0.25, 0.3) is 0 Å². The Hall–Kier alpha value is -1.27. The fourth-order valence-electron chi connectivity index (χ4n) is 6.12. The highest BCUT2D eigenvalue weighted by Gasteiger charge is 2.53. The number of benzene rings is 1. The molecule has 0 unspecified atom stereocenters. The number of nitrogens with one attached hydrogen (secondary N) is 1. The predicted octanol–water partition coefficient (Wildman–Crippen LogP) is 3.59. The molecule has 1 N–H and O–H groups in total. The van der Waals surface area contributed by atoms with Crippen molar-refractivity contribution >= 4 is 10.0 Å². The molecule has 4 saturated carbocycles. The van der Waals surface area contributed by atoms with E-state index in [1.807, 2.05) is 0 Å². The molecule has 4 bridgehead atoms. The summed E-state index contributed by atoms with van der Waals surface area (Å²) in [5, 5.41) is 0. The molecule has 5 rings (SSSR count). The molecule has 6 heteroatoms. The summed E-state index contributed by atoms with van der Waals surface area (Å²) in [5.74, 6) is 3.36. The molecule has 4 fully saturated rings. The molecule has 0 heterocycles. The molecule has 0 radical (unpaired) electrons. The van der Waals surface area contributed by atoms with Crippen LogP contribution in [0.3, 0.4) is 0 Å². The van der Waals surface area contributed by atoms with Crippen LogP contribution in [0.2, 0.25) is 0 Å². The highest BCUT2D eigenvalue weighted by Crippen LogP contribution is 2.61. The van der Waals surface area contributed by atoms with E-state index < -0.39 is 10.0 Å². The second-order valence-corrected chi connectivity index (χ2v) is 10.4. The van der Waals surface area contributed by atoms with Gasteiger partial charge in [0.25, 0.3) is 0 Å². The lowest BCUT2D eigenvalue weighted by Gasteiger charge is -2.59. The Balaban J connectivity index is 1.56. The second-order valence-electron chi connectivity index (χ2n) is 8.64. The number of rotatable bonds is 6. The minimum Gasteiger partial charge on any atom is -0.493 e. The second kappa shape index (κ2) is 6.41. The van der Waals surface area contributed by atoms with E-state index in [1.54, 1.807) is 19.2 Å². The summed E-state index contributed by atoms with van der Waals surface area (Å²) in [6.07, 6.45) is 7.59. The van der Waals surface area contributed by atoms with E-state index >= 15 is 0 Å². The number of methoxy groups -OCH3 is 2. The van der Waals surface area contributed by atoms with Gasteiger partial charge in [-0.1, -0.05) is 0 Å². The predicted molar refractivity (Wildman–Crippen MR) is 99.9 cm³/mol. The van der Waals surface area contributed by atoms with Crippen LogP contribution in [0.1, 0.15) is 45.4 Å². The molecular weight excluding hydrogens is 350 g/mol. The van der Waals surface area contributed by atoms with Crippen molar-refractivity contribution in [2.24, 2.45) is 23.2 Å². The fraction of sp³-hybridized carbons (Fsp3) is 0.700. The van der Waals surface area contributed by atoms with E-state index in [2.05, 4.69) is 11.6 Å². The molecule has 4 aliphatic carbocycles. The third-order valence-electron chi connectivity index (χ3n) is 7.00. The Bertz CT molecular complexity index is 754. The van der Waals surface area contributed by atoms with Gasteiger partial charge in [0, 0.05) is 12.1 Å². The van der Waals surface area contributed by atoms with Crippen molar-refractivity contribution in [3.05, 3.63) is 18.2 Å². The Kier molecular flexibility index (Phi) is 4.47. The smallest absolute Gasteiger partial charge is 0.240 e. The maximum absolute atomic E-state index is 13.0. The zero-order chi connectivity index (χ0) is 18.5. The van der Waals surface area contributed by atoms with Crippen molar-refractivity contribution < 1.29 is 17.9 Å². The largest absolute Gasteiger partial charge is 0.493 e. The molecule has 1 aromatic rings. The maximum Gasteiger partial charge on any atom is 0.240 e. The van der Waals surface area contributed by atoms with Crippen LogP contribution in [-0.2, 0) is 10.0 Å². The average molecular weight is 380 g/mol. The molecule has 144 valence electrons. The molecular formula is C20H29NO4S. The standard InChI is InChI=1S/C20H29NO4S/c1-13(20-10-14-6-15(11-20)8-16(7-14)12-20)21-26(22,23)17-4-5-18(24-2)19(9-17)25-3/h4-5,9,13-16,21H,6-8,10-12H2,1-3H3/t13-,14?,15?,16?,20?/m0/s1. The number of hydrogen-bond acceptors (Lipinski definition) is 4. The van der Waals surface area contributed by atoms with Crippen molar-refractivity contribution in [2.45, 2.75) is 56.4 Å². The van der Waals surface area contributed by atoms with Gasteiger partial charge >= 0.3 is 0 Å². The maximum atomic E-state index is 13.0. The van der Waals surface area contributed by atoms with Crippen LogP contribution in [0.4, 0.5) is 0 Å². The lowest BCUT2D eigenvalue weighted by Crippen LogP contribution is -2.55. The normalized spacial score (nSPS) is 33.9. The monoisotopic (exact) mass is 379 g/mol. The number of ether oxygens (including phenoxy) is 2. The van der Waals surface area contributed by atoms with Crippen molar-refractivity contribution in [3.8, 4) is 11.5 Å². The van der Waals surface area contributed by atoms with E-state index in [0.717, 1.165) is 17.8 Å². The number of sulfonamides is 1. The van der Waals surface area contributed by atoms with Gasteiger partial charge in [-0.05, 0) is 80.8 Å². The molecule has 4 aliphatic rings. The Morgan fingerprint density at radius 1 is 1.00 bits per heavy atom. The van der Waals surface area contributed by atoms with Crippen molar-refractivity contribution in [1.82, 2.24) is 4.72 Å². The first-order chi connectivity index (χ1) is 12.3. The fourth-order valence-corrected chi connectivity index (χ4v) is 7.48. The zero-order valence-electron chi connectivity index (χ0n) is 15.8. The van der Waals surface area contributed by atoms with E-state index in [-0.39, 0.29) is 16.4 Å². The van der Waals surface area contributed by atoms with Crippen LogP contribution < -0.4 is 14.2 Å². The van der Waals surface area contributed by atoms with Gasteiger partial charge in [0.15, 0.2) is 11.5 Å².